The molecule has 0 radical (unpaired) electrons. The summed E-state index contributed by atoms with van der Waals surface area (Å²) in [6, 6.07) is 13.3. The molecule has 3 aliphatic rings. The molecule has 2 aromatic carbocycles. The highest BCUT2D eigenvalue weighted by Crippen LogP contribution is 2.31. The van der Waals surface area contributed by atoms with Crippen molar-refractivity contribution in [1.29, 1.82) is 0 Å². The molecule has 0 N–H and O–H groups in total. The van der Waals surface area contributed by atoms with E-state index in [9.17, 15) is 14.4 Å². The number of halogens is 1. The number of fused-ring (bicyclic) bond motifs is 1. The van der Waals surface area contributed by atoms with Crippen molar-refractivity contribution in [1.82, 2.24) is 9.80 Å². The van der Waals surface area contributed by atoms with E-state index in [1.807, 2.05) is 48.3 Å². The van der Waals surface area contributed by atoms with E-state index < -0.39 is 0 Å². The Morgan fingerprint density at radius 2 is 1.70 bits per heavy atom. The predicted molar refractivity (Wildman–Crippen MR) is 146 cm³/mol. The highest BCUT2D eigenvalue weighted by Gasteiger charge is 2.33. The van der Waals surface area contributed by atoms with E-state index in [0.717, 1.165) is 62.9 Å². The Balaban J connectivity index is 1.36. The Labute approximate surface area is 224 Å². The number of nitrogens with zero attached hydrogens (tertiary/aromatic N) is 4. The number of para-hydroxylation sites is 1. The van der Waals surface area contributed by atoms with Gasteiger partial charge in [0.25, 0.3) is 5.91 Å². The van der Waals surface area contributed by atoms with E-state index in [-0.39, 0.29) is 43.4 Å². The van der Waals surface area contributed by atoms with Gasteiger partial charge in [0.15, 0.2) is 0 Å². The van der Waals surface area contributed by atoms with Crippen molar-refractivity contribution in [3.05, 3.63) is 58.6 Å². The SMILES string of the molecule is CN(C(=O)CN1Cc2ccccc2N(C(=O)c2ccc(N3CCCC3)cc2Cl)CC1=O)C1CCCCC1. The summed E-state index contributed by atoms with van der Waals surface area (Å²) in [5, 5.41) is 0.379. The summed E-state index contributed by atoms with van der Waals surface area (Å²) < 4.78 is 0. The van der Waals surface area contributed by atoms with Crippen LogP contribution in [-0.4, -0.2) is 66.8 Å². The number of likely N-dealkylation sites (N-methyl/N-ethyl adjacent to an activating group) is 1. The number of hydrogen-bond acceptors (Lipinski definition) is 4. The zero-order valence-electron chi connectivity index (χ0n) is 21.5. The Hall–Kier alpha value is -3.06. The van der Waals surface area contributed by atoms with Crippen molar-refractivity contribution in [3.63, 3.8) is 0 Å². The summed E-state index contributed by atoms with van der Waals surface area (Å²) in [6.07, 6.45) is 7.82. The maximum atomic E-state index is 13.7. The molecule has 7 nitrogen and oxygen atoms in total. The highest BCUT2D eigenvalue weighted by atomic mass is 35.5. The minimum atomic E-state index is -0.314. The maximum Gasteiger partial charge on any atom is 0.260 e. The van der Waals surface area contributed by atoms with Crippen LogP contribution < -0.4 is 9.80 Å². The number of carbonyl (C=O) groups is 3. The van der Waals surface area contributed by atoms with E-state index in [2.05, 4.69) is 4.90 Å². The lowest BCUT2D eigenvalue weighted by Crippen LogP contribution is -2.47. The van der Waals surface area contributed by atoms with E-state index in [0.29, 0.717) is 16.3 Å². The molecule has 2 heterocycles. The average molecular weight is 523 g/mol. The highest BCUT2D eigenvalue weighted by molar-refractivity contribution is 6.35. The smallest absolute Gasteiger partial charge is 0.260 e. The van der Waals surface area contributed by atoms with Crippen molar-refractivity contribution in [2.75, 3.05) is 43.0 Å². The van der Waals surface area contributed by atoms with Crippen molar-refractivity contribution < 1.29 is 14.4 Å². The minimum Gasteiger partial charge on any atom is -0.371 e. The Bertz CT molecular complexity index is 1170. The van der Waals surface area contributed by atoms with Gasteiger partial charge in [-0.05, 0) is 55.5 Å². The molecule has 0 aromatic heterocycles. The molecule has 37 heavy (non-hydrogen) atoms. The molecular formula is C29H35ClN4O3. The number of amides is 3. The first-order chi connectivity index (χ1) is 17.9. The lowest BCUT2D eigenvalue weighted by Gasteiger charge is -2.33. The number of hydrogen-bond donors (Lipinski definition) is 0. The Morgan fingerprint density at radius 3 is 2.43 bits per heavy atom. The van der Waals surface area contributed by atoms with E-state index >= 15 is 0 Å². The van der Waals surface area contributed by atoms with Crippen molar-refractivity contribution in [2.45, 2.75) is 57.5 Å². The topological polar surface area (TPSA) is 64.2 Å². The van der Waals surface area contributed by atoms with Crippen molar-refractivity contribution >= 4 is 40.7 Å². The standard InChI is InChI=1S/C29H35ClN4O3/c1-31(22-10-3-2-4-11-22)27(35)19-33-18-21-9-5-6-12-26(21)34(20-28(33)36)29(37)24-14-13-23(17-25(24)30)32-15-7-8-16-32/h5-6,9,12-14,17,22H,2-4,7-8,10-11,15-16,18-20H2,1H3. The van der Waals surface area contributed by atoms with Gasteiger partial charge in [-0.2, -0.15) is 0 Å². The molecule has 196 valence electrons. The van der Waals surface area contributed by atoms with Gasteiger partial charge in [-0.25, -0.2) is 0 Å². The van der Waals surface area contributed by atoms with Crippen molar-refractivity contribution in [3.8, 4) is 0 Å². The Morgan fingerprint density at radius 1 is 0.973 bits per heavy atom. The normalized spacial score (nSPS) is 18.5. The molecule has 1 aliphatic carbocycles. The summed E-state index contributed by atoms with van der Waals surface area (Å²) in [5.41, 5.74) is 2.89. The van der Waals surface area contributed by atoms with Crippen LogP contribution in [0.25, 0.3) is 0 Å². The zero-order chi connectivity index (χ0) is 25.9. The van der Waals surface area contributed by atoms with Gasteiger partial charge < -0.3 is 14.7 Å². The van der Waals surface area contributed by atoms with Crippen LogP contribution in [0.15, 0.2) is 42.5 Å². The zero-order valence-corrected chi connectivity index (χ0v) is 22.3. The lowest BCUT2D eigenvalue weighted by atomic mass is 9.94. The minimum absolute atomic E-state index is 0.00743. The molecule has 5 rings (SSSR count). The van der Waals surface area contributed by atoms with E-state index in [1.165, 1.54) is 11.3 Å². The third-order valence-electron chi connectivity index (χ3n) is 8.03. The van der Waals surface area contributed by atoms with Gasteiger partial charge in [0.05, 0.1) is 10.6 Å². The summed E-state index contributed by atoms with van der Waals surface area (Å²) in [7, 11) is 1.85. The Kier molecular flexibility index (Phi) is 7.70. The second-order valence-corrected chi connectivity index (χ2v) is 10.8. The molecule has 1 saturated heterocycles. The van der Waals surface area contributed by atoms with E-state index in [1.54, 1.807) is 11.0 Å². The van der Waals surface area contributed by atoms with Crippen LogP contribution >= 0.6 is 11.6 Å². The monoisotopic (exact) mass is 522 g/mol. The average Bonchev–Trinajstić information content (AvgIpc) is 3.42. The van der Waals surface area contributed by atoms with E-state index in [4.69, 9.17) is 11.6 Å². The van der Waals surface area contributed by atoms with Gasteiger partial charge in [0.2, 0.25) is 11.8 Å². The van der Waals surface area contributed by atoms with Crippen LogP contribution in [0.2, 0.25) is 5.02 Å². The molecule has 2 fully saturated rings. The fraction of sp³-hybridized carbons (Fsp3) is 0.483. The summed E-state index contributed by atoms with van der Waals surface area (Å²) in [5.74, 6) is -0.621. The fourth-order valence-electron chi connectivity index (χ4n) is 5.79. The van der Waals surface area contributed by atoms with Gasteiger partial charge in [0.1, 0.15) is 13.1 Å². The van der Waals surface area contributed by atoms with Crippen molar-refractivity contribution in [2.24, 2.45) is 0 Å². The number of benzene rings is 2. The van der Waals surface area contributed by atoms with Crippen LogP contribution in [-0.2, 0) is 16.1 Å². The third-order valence-corrected chi connectivity index (χ3v) is 8.34. The number of rotatable bonds is 5. The molecule has 0 spiro atoms. The fourth-order valence-corrected chi connectivity index (χ4v) is 6.04. The molecule has 0 atom stereocenters. The predicted octanol–water partition coefficient (Wildman–Crippen LogP) is 4.72. The molecular weight excluding hydrogens is 488 g/mol. The quantitative estimate of drug-likeness (QED) is 0.570. The van der Waals surface area contributed by atoms with Gasteiger partial charge in [-0.1, -0.05) is 49.1 Å². The third kappa shape index (κ3) is 5.47. The van der Waals surface area contributed by atoms with Crippen LogP contribution in [0.3, 0.4) is 0 Å². The number of anilines is 2. The van der Waals surface area contributed by atoms with Gasteiger partial charge >= 0.3 is 0 Å². The molecule has 3 amide bonds. The molecule has 2 aromatic rings. The molecule has 2 aliphatic heterocycles. The summed E-state index contributed by atoms with van der Waals surface area (Å²) >= 11 is 6.61. The second kappa shape index (κ2) is 11.1. The van der Waals surface area contributed by atoms with Gasteiger partial charge in [0, 0.05) is 44.1 Å². The largest absolute Gasteiger partial charge is 0.371 e. The molecule has 1 saturated carbocycles. The van der Waals surface area contributed by atoms with Crippen LogP contribution in [0.5, 0.6) is 0 Å². The second-order valence-electron chi connectivity index (χ2n) is 10.4. The first-order valence-electron chi connectivity index (χ1n) is 13.4. The molecule has 0 unspecified atom stereocenters. The number of carbonyl (C=O) groups excluding carboxylic acids is 3. The van der Waals surface area contributed by atoms with Crippen LogP contribution in [0.1, 0.15) is 60.9 Å². The summed E-state index contributed by atoms with van der Waals surface area (Å²) in [4.78, 5) is 47.4. The first-order valence-corrected chi connectivity index (χ1v) is 13.8. The lowest BCUT2D eigenvalue weighted by molar-refractivity contribution is -0.140. The van der Waals surface area contributed by atoms with Crippen LogP contribution in [0.4, 0.5) is 11.4 Å². The maximum absolute atomic E-state index is 13.7. The molecule has 8 heteroatoms. The van der Waals surface area contributed by atoms with Gasteiger partial charge in [-0.15, -0.1) is 0 Å². The van der Waals surface area contributed by atoms with Gasteiger partial charge in [-0.3, -0.25) is 19.3 Å². The molecule has 0 bridgehead atoms. The van der Waals surface area contributed by atoms with Crippen LogP contribution in [0, 0.1) is 0 Å². The first kappa shape index (κ1) is 25.6. The summed E-state index contributed by atoms with van der Waals surface area (Å²) in [6.45, 7) is 2.13.